The molecule has 0 aliphatic carbocycles. The Hall–Kier alpha value is -2.39. The van der Waals surface area contributed by atoms with E-state index in [-0.39, 0.29) is 0 Å². The second kappa shape index (κ2) is 6.01. The standard InChI is InChI=1S/C19H16ClNO2/c1-11-8-12(2)18-14(9-11)15(19(20)22)10-16(21-18)13-6-4-5-7-17(13)23-3/h4-10H,1-3H3. The van der Waals surface area contributed by atoms with E-state index in [1.165, 1.54) is 0 Å². The number of pyridine rings is 1. The van der Waals surface area contributed by atoms with E-state index in [2.05, 4.69) is 0 Å². The number of methoxy groups -OCH3 is 1. The van der Waals surface area contributed by atoms with Gasteiger partial charge in [-0.3, -0.25) is 4.79 Å². The summed E-state index contributed by atoms with van der Waals surface area (Å²) in [5.41, 5.74) is 4.83. The fraction of sp³-hybridized carbons (Fsp3) is 0.158. The minimum atomic E-state index is -0.487. The minimum absolute atomic E-state index is 0.462. The van der Waals surface area contributed by atoms with Gasteiger partial charge in [0.1, 0.15) is 5.75 Å². The molecule has 116 valence electrons. The molecular formula is C19H16ClNO2. The molecule has 0 radical (unpaired) electrons. The van der Waals surface area contributed by atoms with Crippen LogP contribution in [-0.2, 0) is 0 Å². The van der Waals surface area contributed by atoms with Gasteiger partial charge in [-0.15, -0.1) is 0 Å². The molecule has 0 unspecified atom stereocenters. The van der Waals surface area contributed by atoms with E-state index in [0.717, 1.165) is 27.6 Å². The number of para-hydroxylation sites is 1. The Bertz CT molecular complexity index is 919. The van der Waals surface area contributed by atoms with Crippen molar-refractivity contribution in [3.8, 4) is 17.0 Å². The van der Waals surface area contributed by atoms with Gasteiger partial charge in [0, 0.05) is 16.5 Å². The third-order valence-corrected chi connectivity index (χ3v) is 4.05. The smallest absolute Gasteiger partial charge is 0.253 e. The second-order valence-electron chi connectivity index (χ2n) is 5.51. The van der Waals surface area contributed by atoms with Crippen LogP contribution in [0.15, 0.2) is 42.5 Å². The van der Waals surface area contributed by atoms with Crippen molar-refractivity contribution in [2.45, 2.75) is 13.8 Å². The number of halogens is 1. The number of fused-ring (bicyclic) bond motifs is 1. The lowest BCUT2D eigenvalue weighted by atomic mass is 10.00. The Morgan fingerprint density at radius 1 is 1.13 bits per heavy atom. The molecule has 23 heavy (non-hydrogen) atoms. The maximum atomic E-state index is 11.9. The van der Waals surface area contributed by atoms with Gasteiger partial charge >= 0.3 is 0 Å². The summed E-state index contributed by atoms with van der Waals surface area (Å²) in [6.45, 7) is 3.97. The third kappa shape index (κ3) is 2.80. The lowest BCUT2D eigenvalue weighted by molar-refractivity contribution is 0.108. The minimum Gasteiger partial charge on any atom is -0.496 e. The topological polar surface area (TPSA) is 39.2 Å². The summed E-state index contributed by atoms with van der Waals surface area (Å²) in [6.07, 6.45) is 0. The molecule has 1 aromatic heterocycles. The molecule has 0 aliphatic heterocycles. The number of hydrogen-bond acceptors (Lipinski definition) is 3. The highest BCUT2D eigenvalue weighted by Gasteiger charge is 2.16. The molecule has 0 aliphatic rings. The van der Waals surface area contributed by atoms with Crippen molar-refractivity contribution >= 4 is 27.7 Å². The van der Waals surface area contributed by atoms with Gasteiger partial charge in [0.2, 0.25) is 0 Å². The van der Waals surface area contributed by atoms with Crippen LogP contribution >= 0.6 is 11.6 Å². The van der Waals surface area contributed by atoms with Crippen LogP contribution in [0.4, 0.5) is 0 Å². The SMILES string of the molecule is COc1ccccc1-c1cc(C(=O)Cl)c2cc(C)cc(C)c2n1. The van der Waals surface area contributed by atoms with E-state index in [4.69, 9.17) is 21.3 Å². The molecule has 3 rings (SSSR count). The number of ether oxygens (including phenoxy) is 1. The first kappa shape index (κ1) is 15.5. The fourth-order valence-electron chi connectivity index (χ4n) is 2.84. The highest BCUT2D eigenvalue weighted by molar-refractivity contribution is 6.68. The van der Waals surface area contributed by atoms with Crippen LogP contribution in [0.1, 0.15) is 21.5 Å². The van der Waals surface area contributed by atoms with Gasteiger partial charge in [0.15, 0.2) is 0 Å². The third-order valence-electron chi connectivity index (χ3n) is 3.84. The number of rotatable bonds is 3. The molecule has 0 N–H and O–H groups in total. The summed E-state index contributed by atoms with van der Waals surface area (Å²) in [5, 5.41) is 0.291. The lowest BCUT2D eigenvalue weighted by Gasteiger charge is -2.12. The Morgan fingerprint density at radius 3 is 2.57 bits per heavy atom. The Morgan fingerprint density at radius 2 is 1.87 bits per heavy atom. The Labute approximate surface area is 139 Å². The van der Waals surface area contributed by atoms with E-state index in [1.807, 2.05) is 50.2 Å². The quantitative estimate of drug-likeness (QED) is 0.642. The van der Waals surface area contributed by atoms with E-state index < -0.39 is 5.24 Å². The first-order valence-electron chi connectivity index (χ1n) is 7.26. The first-order chi connectivity index (χ1) is 11.0. The zero-order chi connectivity index (χ0) is 16.6. The van der Waals surface area contributed by atoms with Crippen LogP contribution in [0.2, 0.25) is 0 Å². The zero-order valence-corrected chi connectivity index (χ0v) is 13.9. The summed E-state index contributed by atoms with van der Waals surface area (Å²) in [5.74, 6) is 0.706. The van der Waals surface area contributed by atoms with Gasteiger partial charge in [-0.05, 0) is 55.3 Å². The van der Waals surface area contributed by atoms with Crippen molar-refractivity contribution in [2.24, 2.45) is 0 Å². The Kier molecular flexibility index (Phi) is 4.05. The number of aromatic nitrogens is 1. The van der Waals surface area contributed by atoms with Gasteiger partial charge < -0.3 is 4.74 Å². The zero-order valence-electron chi connectivity index (χ0n) is 13.2. The molecule has 0 spiro atoms. The second-order valence-corrected chi connectivity index (χ2v) is 5.85. The van der Waals surface area contributed by atoms with E-state index in [9.17, 15) is 4.79 Å². The van der Waals surface area contributed by atoms with Crippen LogP contribution in [0.3, 0.4) is 0 Å². The first-order valence-corrected chi connectivity index (χ1v) is 7.64. The molecule has 4 heteroatoms. The number of aryl methyl sites for hydroxylation is 2. The summed E-state index contributed by atoms with van der Waals surface area (Å²) < 4.78 is 5.40. The van der Waals surface area contributed by atoms with Crippen molar-refractivity contribution in [2.75, 3.05) is 7.11 Å². The van der Waals surface area contributed by atoms with Gasteiger partial charge in [-0.1, -0.05) is 23.8 Å². The molecule has 0 amide bonds. The van der Waals surface area contributed by atoms with E-state index in [1.54, 1.807) is 13.2 Å². The summed E-state index contributed by atoms with van der Waals surface area (Å²) in [7, 11) is 1.61. The normalized spacial score (nSPS) is 10.8. The van der Waals surface area contributed by atoms with Crippen molar-refractivity contribution in [3.05, 3.63) is 59.2 Å². The number of carbonyl (C=O) groups is 1. The highest BCUT2D eigenvalue weighted by Crippen LogP contribution is 2.33. The lowest BCUT2D eigenvalue weighted by Crippen LogP contribution is -1.99. The van der Waals surface area contributed by atoms with E-state index >= 15 is 0 Å². The van der Waals surface area contributed by atoms with Gasteiger partial charge in [-0.2, -0.15) is 0 Å². The van der Waals surface area contributed by atoms with Crippen molar-refractivity contribution in [1.29, 1.82) is 0 Å². The summed E-state index contributed by atoms with van der Waals surface area (Å²) in [6, 6.07) is 13.3. The van der Waals surface area contributed by atoms with Crippen molar-refractivity contribution in [1.82, 2.24) is 4.98 Å². The summed E-state index contributed by atoms with van der Waals surface area (Å²) in [4.78, 5) is 16.7. The largest absolute Gasteiger partial charge is 0.496 e. The maximum Gasteiger partial charge on any atom is 0.253 e. The molecule has 0 bridgehead atoms. The Balaban J connectivity index is 2.38. The molecule has 3 aromatic rings. The van der Waals surface area contributed by atoms with Crippen LogP contribution in [0.5, 0.6) is 5.75 Å². The van der Waals surface area contributed by atoms with E-state index in [0.29, 0.717) is 17.0 Å². The average Bonchev–Trinajstić information content (AvgIpc) is 2.53. The molecule has 1 heterocycles. The van der Waals surface area contributed by atoms with Gasteiger partial charge in [0.25, 0.3) is 5.24 Å². The van der Waals surface area contributed by atoms with Crippen LogP contribution < -0.4 is 4.74 Å². The average molecular weight is 326 g/mol. The van der Waals surface area contributed by atoms with Crippen molar-refractivity contribution in [3.63, 3.8) is 0 Å². The van der Waals surface area contributed by atoms with Crippen LogP contribution in [-0.4, -0.2) is 17.3 Å². The molecule has 0 atom stereocenters. The maximum absolute atomic E-state index is 11.9. The van der Waals surface area contributed by atoms with Gasteiger partial charge in [-0.25, -0.2) is 4.98 Å². The highest BCUT2D eigenvalue weighted by atomic mass is 35.5. The fourth-order valence-corrected chi connectivity index (χ4v) is 2.99. The number of nitrogens with zero attached hydrogens (tertiary/aromatic N) is 1. The predicted molar refractivity (Wildman–Crippen MR) is 93.4 cm³/mol. The molecular weight excluding hydrogens is 310 g/mol. The molecule has 3 nitrogen and oxygen atoms in total. The van der Waals surface area contributed by atoms with Gasteiger partial charge in [0.05, 0.1) is 18.3 Å². The number of carbonyl (C=O) groups excluding carboxylic acids is 1. The molecule has 0 saturated carbocycles. The van der Waals surface area contributed by atoms with Crippen LogP contribution in [0.25, 0.3) is 22.2 Å². The molecule has 0 saturated heterocycles. The summed E-state index contributed by atoms with van der Waals surface area (Å²) >= 11 is 5.82. The monoisotopic (exact) mass is 325 g/mol. The van der Waals surface area contributed by atoms with Crippen molar-refractivity contribution < 1.29 is 9.53 Å². The number of benzene rings is 2. The molecule has 0 fully saturated rings. The predicted octanol–water partition coefficient (Wildman–Crippen LogP) is 4.91. The molecule has 2 aromatic carbocycles. The number of hydrogen-bond donors (Lipinski definition) is 0. The van der Waals surface area contributed by atoms with Crippen LogP contribution in [0, 0.1) is 13.8 Å².